The Morgan fingerprint density at radius 2 is 1.81 bits per heavy atom. The zero-order chi connectivity index (χ0) is 21.0. The number of anilines is 1. The Balaban J connectivity index is 0.00000245. The van der Waals surface area contributed by atoms with Gasteiger partial charge in [-0.25, -0.2) is 0 Å². The number of aromatic amines is 1. The molecule has 1 fully saturated rings. The topological polar surface area (TPSA) is 80.1 Å². The molecule has 32 heavy (non-hydrogen) atoms. The third-order valence-corrected chi connectivity index (χ3v) is 6.90. The fourth-order valence-corrected chi connectivity index (χ4v) is 5.12. The van der Waals surface area contributed by atoms with E-state index in [4.69, 9.17) is 4.74 Å². The average Bonchev–Trinajstić information content (AvgIpc) is 3.28. The van der Waals surface area contributed by atoms with Gasteiger partial charge >= 0.3 is 0 Å². The van der Waals surface area contributed by atoms with Crippen LogP contribution in [0, 0.1) is 0 Å². The van der Waals surface area contributed by atoms with Gasteiger partial charge in [-0.15, -0.1) is 11.3 Å². The quantitative estimate of drug-likeness (QED) is 0.432. The number of hydrogen-bond donors (Lipinski definition) is 1. The van der Waals surface area contributed by atoms with E-state index < -0.39 is 0 Å². The second kappa shape index (κ2) is 10.2. The molecule has 1 saturated heterocycles. The van der Waals surface area contributed by atoms with Gasteiger partial charge in [-0.05, 0) is 66.6 Å². The molecule has 6 nitrogen and oxygen atoms in total. The number of piperazine rings is 1. The van der Waals surface area contributed by atoms with Crippen LogP contribution < -0.4 is 15.2 Å². The Morgan fingerprint density at radius 3 is 2.69 bits per heavy atom. The largest absolute Gasteiger partial charge is 0.494 e. The van der Waals surface area contributed by atoms with Gasteiger partial charge in [0, 0.05) is 54.1 Å². The third-order valence-electron chi connectivity index (χ3n) is 6.02. The van der Waals surface area contributed by atoms with Crippen LogP contribution in [0.25, 0.3) is 21.0 Å². The van der Waals surface area contributed by atoms with E-state index in [1.165, 1.54) is 15.8 Å². The summed E-state index contributed by atoms with van der Waals surface area (Å²) in [5.41, 5.74) is 2.11. The molecule has 0 unspecified atom stereocenters. The maximum absolute atomic E-state index is 11.5. The van der Waals surface area contributed by atoms with Gasteiger partial charge in [0.25, 0.3) is 0 Å². The highest BCUT2D eigenvalue weighted by atomic mass is 32.1. The minimum absolute atomic E-state index is 0. The van der Waals surface area contributed by atoms with Gasteiger partial charge in [0.1, 0.15) is 5.75 Å². The number of fused-ring (bicyclic) bond motifs is 2. The van der Waals surface area contributed by atoms with Gasteiger partial charge in [-0.2, -0.15) is 0 Å². The van der Waals surface area contributed by atoms with Crippen LogP contribution in [0.15, 0.2) is 64.8 Å². The van der Waals surface area contributed by atoms with E-state index in [0.717, 1.165) is 62.2 Å². The normalized spacial score (nSPS) is 14.6. The van der Waals surface area contributed by atoms with Crippen LogP contribution in [-0.4, -0.2) is 54.7 Å². The molecule has 4 aromatic rings. The SMILES string of the molecule is O.O=c1ccc2ccc(OCCCCN3CCN(c4cccc5sccc45)CC3)cc2[nH]1. The molecule has 0 saturated carbocycles. The monoisotopic (exact) mass is 451 g/mol. The smallest absolute Gasteiger partial charge is 0.248 e. The number of rotatable bonds is 7. The highest BCUT2D eigenvalue weighted by Gasteiger charge is 2.18. The molecule has 1 aliphatic rings. The number of ether oxygens (including phenoxy) is 1. The summed E-state index contributed by atoms with van der Waals surface area (Å²) >= 11 is 1.82. The van der Waals surface area contributed by atoms with Crippen LogP contribution in [0.5, 0.6) is 5.75 Å². The van der Waals surface area contributed by atoms with E-state index in [2.05, 4.69) is 44.4 Å². The molecule has 168 valence electrons. The molecule has 0 radical (unpaired) electrons. The Hall–Kier alpha value is -2.87. The lowest BCUT2D eigenvalue weighted by molar-refractivity contribution is 0.239. The molecule has 3 N–H and O–H groups in total. The van der Waals surface area contributed by atoms with Crippen molar-refractivity contribution in [2.45, 2.75) is 12.8 Å². The van der Waals surface area contributed by atoms with Crippen molar-refractivity contribution in [2.75, 3.05) is 44.2 Å². The van der Waals surface area contributed by atoms with Gasteiger partial charge in [0.15, 0.2) is 0 Å². The summed E-state index contributed by atoms with van der Waals surface area (Å²) < 4.78 is 7.28. The van der Waals surface area contributed by atoms with Crippen molar-refractivity contribution in [3.63, 3.8) is 0 Å². The van der Waals surface area contributed by atoms with E-state index in [9.17, 15) is 4.79 Å². The molecule has 0 atom stereocenters. The molecule has 3 heterocycles. The molecule has 1 aliphatic heterocycles. The van der Waals surface area contributed by atoms with Gasteiger partial charge in [-0.1, -0.05) is 6.07 Å². The Labute approximate surface area is 191 Å². The summed E-state index contributed by atoms with van der Waals surface area (Å²) in [6, 6.07) is 18.1. The second-order valence-electron chi connectivity index (χ2n) is 8.07. The third kappa shape index (κ3) is 4.96. The molecule has 7 heteroatoms. The fraction of sp³-hybridized carbons (Fsp3) is 0.320. The average molecular weight is 452 g/mol. The van der Waals surface area contributed by atoms with Crippen molar-refractivity contribution in [3.05, 3.63) is 70.3 Å². The van der Waals surface area contributed by atoms with Crippen molar-refractivity contribution < 1.29 is 10.2 Å². The van der Waals surface area contributed by atoms with Crippen LogP contribution in [0.4, 0.5) is 5.69 Å². The standard InChI is InChI=1S/C25H27N3O2S.H2O/c29-25-9-7-19-6-8-20(18-22(19)26-25)30-16-2-1-11-27-12-14-28(15-13-27)23-4-3-5-24-21(23)10-17-31-24;/h3-10,17-18H,1-2,11-16H2,(H,26,29);1H2. The molecule has 0 spiro atoms. The summed E-state index contributed by atoms with van der Waals surface area (Å²) in [7, 11) is 0. The molecule has 2 aromatic carbocycles. The molecule has 2 aromatic heterocycles. The maximum Gasteiger partial charge on any atom is 0.248 e. The van der Waals surface area contributed by atoms with E-state index in [0.29, 0.717) is 6.61 Å². The number of nitrogens with one attached hydrogen (secondary N) is 1. The number of nitrogens with zero attached hydrogens (tertiary/aromatic N) is 2. The number of benzene rings is 2. The van der Waals surface area contributed by atoms with Crippen molar-refractivity contribution in [2.24, 2.45) is 0 Å². The summed E-state index contributed by atoms with van der Waals surface area (Å²) in [4.78, 5) is 19.4. The van der Waals surface area contributed by atoms with E-state index in [1.807, 2.05) is 35.6 Å². The first-order valence-corrected chi connectivity index (χ1v) is 11.8. The van der Waals surface area contributed by atoms with Crippen LogP contribution in [-0.2, 0) is 0 Å². The number of pyridine rings is 1. The van der Waals surface area contributed by atoms with E-state index in [-0.39, 0.29) is 11.0 Å². The van der Waals surface area contributed by atoms with Gasteiger partial charge in [0.05, 0.1) is 12.1 Å². The summed E-state index contributed by atoms with van der Waals surface area (Å²) in [6.45, 7) is 6.20. The number of aromatic nitrogens is 1. The Kier molecular flexibility index (Phi) is 7.09. The van der Waals surface area contributed by atoms with Crippen molar-refractivity contribution >= 4 is 38.0 Å². The van der Waals surface area contributed by atoms with Crippen molar-refractivity contribution in [1.29, 1.82) is 0 Å². The maximum atomic E-state index is 11.5. The molecule has 5 rings (SSSR count). The van der Waals surface area contributed by atoms with Crippen LogP contribution >= 0.6 is 11.3 Å². The number of thiophene rings is 1. The first-order valence-electron chi connectivity index (χ1n) is 11.0. The van der Waals surface area contributed by atoms with Crippen molar-refractivity contribution in [1.82, 2.24) is 9.88 Å². The summed E-state index contributed by atoms with van der Waals surface area (Å²) in [6.07, 6.45) is 2.16. The second-order valence-corrected chi connectivity index (χ2v) is 9.01. The zero-order valence-electron chi connectivity index (χ0n) is 18.0. The van der Waals surface area contributed by atoms with Gasteiger partial charge in [0.2, 0.25) is 5.56 Å². The van der Waals surface area contributed by atoms with E-state index in [1.54, 1.807) is 6.07 Å². The van der Waals surface area contributed by atoms with Crippen molar-refractivity contribution in [3.8, 4) is 5.75 Å². The fourth-order valence-electron chi connectivity index (χ4n) is 4.31. The predicted molar refractivity (Wildman–Crippen MR) is 133 cm³/mol. The molecular formula is C25H29N3O3S. The number of H-pyrrole nitrogens is 1. The first kappa shape index (κ1) is 22.3. The predicted octanol–water partition coefficient (Wildman–Crippen LogP) is 3.90. The molecular weight excluding hydrogens is 422 g/mol. The highest BCUT2D eigenvalue weighted by molar-refractivity contribution is 7.17. The lowest BCUT2D eigenvalue weighted by Crippen LogP contribution is -2.46. The van der Waals surface area contributed by atoms with Crippen LogP contribution in [0.3, 0.4) is 0 Å². The lowest BCUT2D eigenvalue weighted by Gasteiger charge is -2.36. The number of unbranched alkanes of at least 4 members (excludes halogenated alkanes) is 1. The minimum Gasteiger partial charge on any atom is -0.494 e. The Bertz CT molecular complexity index is 1230. The Morgan fingerprint density at radius 1 is 0.969 bits per heavy atom. The molecule has 0 aliphatic carbocycles. The van der Waals surface area contributed by atoms with E-state index >= 15 is 0 Å². The van der Waals surface area contributed by atoms with Gasteiger partial charge in [-0.3, -0.25) is 9.69 Å². The van der Waals surface area contributed by atoms with Crippen LogP contribution in [0.1, 0.15) is 12.8 Å². The minimum atomic E-state index is -0.0863. The molecule has 0 bridgehead atoms. The lowest BCUT2D eigenvalue weighted by atomic mass is 10.2. The first-order chi connectivity index (χ1) is 15.3. The van der Waals surface area contributed by atoms with Crippen LogP contribution in [0.2, 0.25) is 0 Å². The highest BCUT2D eigenvalue weighted by Crippen LogP contribution is 2.31. The number of hydrogen-bond acceptors (Lipinski definition) is 5. The van der Waals surface area contributed by atoms with Gasteiger partial charge < -0.3 is 20.1 Å². The summed E-state index contributed by atoms with van der Waals surface area (Å²) in [5, 5.41) is 4.58. The molecule has 0 amide bonds. The summed E-state index contributed by atoms with van der Waals surface area (Å²) in [5.74, 6) is 0.811. The zero-order valence-corrected chi connectivity index (χ0v) is 18.9.